The van der Waals surface area contributed by atoms with Crippen LogP contribution >= 0.6 is 0 Å². The SMILES string of the molecule is C=CCCC(C)Nc1cc(C(=O)O)ccc1OC. The summed E-state index contributed by atoms with van der Waals surface area (Å²) in [7, 11) is 1.56. The van der Waals surface area contributed by atoms with Crippen LogP contribution in [0, 0.1) is 0 Å². The first-order valence-electron chi connectivity index (χ1n) is 5.87. The van der Waals surface area contributed by atoms with Crippen molar-refractivity contribution in [1.82, 2.24) is 0 Å². The summed E-state index contributed by atoms with van der Waals surface area (Å²) in [5.74, 6) is -0.301. The molecular weight excluding hydrogens is 230 g/mol. The summed E-state index contributed by atoms with van der Waals surface area (Å²) in [6.45, 7) is 5.72. The molecule has 4 nitrogen and oxygen atoms in total. The van der Waals surface area contributed by atoms with Crippen LogP contribution in [0.1, 0.15) is 30.1 Å². The zero-order valence-electron chi connectivity index (χ0n) is 10.8. The Kier molecular flexibility index (Phi) is 5.24. The Morgan fingerprint density at radius 2 is 2.33 bits per heavy atom. The van der Waals surface area contributed by atoms with Crippen molar-refractivity contribution in [2.45, 2.75) is 25.8 Å². The maximum Gasteiger partial charge on any atom is 0.335 e. The van der Waals surface area contributed by atoms with Gasteiger partial charge in [-0.1, -0.05) is 6.08 Å². The zero-order valence-corrected chi connectivity index (χ0v) is 10.8. The second-order valence-electron chi connectivity index (χ2n) is 4.13. The van der Waals surface area contributed by atoms with Gasteiger partial charge in [0.2, 0.25) is 0 Å². The van der Waals surface area contributed by atoms with Crippen molar-refractivity contribution in [3.8, 4) is 5.75 Å². The molecule has 0 saturated carbocycles. The minimum absolute atomic E-state index is 0.223. The fourth-order valence-corrected chi connectivity index (χ4v) is 1.66. The molecule has 1 unspecified atom stereocenters. The van der Waals surface area contributed by atoms with Crippen LogP contribution in [-0.2, 0) is 0 Å². The van der Waals surface area contributed by atoms with E-state index in [1.165, 1.54) is 6.07 Å². The molecular formula is C14H19NO3. The molecule has 2 N–H and O–H groups in total. The summed E-state index contributed by atoms with van der Waals surface area (Å²) in [5.41, 5.74) is 0.947. The van der Waals surface area contributed by atoms with E-state index in [4.69, 9.17) is 9.84 Å². The summed E-state index contributed by atoms with van der Waals surface area (Å²) in [4.78, 5) is 10.9. The highest BCUT2D eigenvalue weighted by Crippen LogP contribution is 2.26. The first kappa shape index (κ1) is 14.1. The van der Waals surface area contributed by atoms with Gasteiger partial charge in [-0.3, -0.25) is 0 Å². The molecule has 0 amide bonds. The Hall–Kier alpha value is -1.97. The number of nitrogens with one attached hydrogen (secondary N) is 1. The lowest BCUT2D eigenvalue weighted by Crippen LogP contribution is -2.15. The van der Waals surface area contributed by atoms with Crippen molar-refractivity contribution in [2.75, 3.05) is 12.4 Å². The van der Waals surface area contributed by atoms with Gasteiger partial charge >= 0.3 is 5.97 Å². The third-order valence-corrected chi connectivity index (χ3v) is 2.65. The standard InChI is InChI=1S/C14H19NO3/c1-4-5-6-10(2)15-12-9-11(14(16)17)7-8-13(12)18-3/h4,7-10,15H,1,5-6H2,2-3H3,(H,16,17). The van der Waals surface area contributed by atoms with Crippen LogP contribution < -0.4 is 10.1 Å². The molecule has 0 bridgehead atoms. The van der Waals surface area contributed by atoms with Gasteiger partial charge in [-0.05, 0) is 38.0 Å². The van der Waals surface area contributed by atoms with Gasteiger partial charge in [0.25, 0.3) is 0 Å². The van der Waals surface area contributed by atoms with Gasteiger partial charge in [0.15, 0.2) is 0 Å². The minimum atomic E-state index is -0.945. The molecule has 1 aromatic rings. The predicted octanol–water partition coefficient (Wildman–Crippen LogP) is 3.16. The third kappa shape index (κ3) is 3.80. The van der Waals surface area contributed by atoms with E-state index in [1.807, 2.05) is 13.0 Å². The number of hydrogen-bond acceptors (Lipinski definition) is 3. The third-order valence-electron chi connectivity index (χ3n) is 2.65. The van der Waals surface area contributed by atoms with Crippen molar-refractivity contribution in [3.63, 3.8) is 0 Å². The molecule has 1 atom stereocenters. The highest BCUT2D eigenvalue weighted by molar-refractivity contribution is 5.89. The second kappa shape index (κ2) is 6.69. The summed E-state index contributed by atoms with van der Waals surface area (Å²) in [6.07, 6.45) is 3.71. The largest absolute Gasteiger partial charge is 0.495 e. The van der Waals surface area contributed by atoms with Gasteiger partial charge in [-0.25, -0.2) is 4.79 Å². The van der Waals surface area contributed by atoms with Crippen molar-refractivity contribution in [3.05, 3.63) is 36.4 Å². The predicted molar refractivity (Wildman–Crippen MR) is 72.5 cm³/mol. The van der Waals surface area contributed by atoms with E-state index in [9.17, 15) is 4.79 Å². The first-order valence-corrected chi connectivity index (χ1v) is 5.87. The zero-order chi connectivity index (χ0) is 13.5. The summed E-state index contributed by atoms with van der Waals surface area (Å²) in [6, 6.07) is 5.00. The van der Waals surface area contributed by atoms with E-state index in [2.05, 4.69) is 11.9 Å². The Morgan fingerprint density at radius 3 is 2.89 bits per heavy atom. The van der Waals surface area contributed by atoms with E-state index < -0.39 is 5.97 Å². The maximum atomic E-state index is 10.9. The molecule has 1 rings (SSSR count). The summed E-state index contributed by atoms with van der Waals surface area (Å²) >= 11 is 0. The van der Waals surface area contributed by atoms with Crippen LogP contribution in [0.5, 0.6) is 5.75 Å². The van der Waals surface area contributed by atoms with Crippen molar-refractivity contribution in [1.29, 1.82) is 0 Å². The molecule has 18 heavy (non-hydrogen) atoms. The van der Waals surface area contributed by atoms with Crippen LogP contribution in [0.3, 0.4) is 0 Å². The quantitative estimate of drug-likeness (QED) is 0.729. The van der Waals surface area contributed by atoms with Gasteiger partial charge in [0.1, 0.15) is 5.75 Å². The molecule has 0 aliphatic rings. The van der Waals surface area contributed by atoms with E-state index in [0.29, 0.717) is 11.4 Å². The van der Waals surface area contributed by atoms with Crippen molar-refractivity contribution in [2.24, 2.45) is 0 Å². The Balaban J connectivity index is 2.87. The molecule has 0 fully saturated rings. The lowest BCUT2D eigenvalue weighted by atomic mass is 10.1. The first-order chi connectivity index (χ1) is 8.58. The number of methoxy groups -OCH3 is 1. The van der Waals surface area contributed by atoms with E-state index in [-0.39, 0.29) is 11.6 Å². The number of carbonyl (C=O) groups is 1. The topological polar surface area (TPSA) is 58.6 Å². The monoisotopic (exact) mass is 249 g/mol. The van der Waals surface area contributed by atoms with Crippen LogP contribution in [0.4, 0.5) is 5.69 Å². The average Bonchev–Trinajstić information content (AvgIpc) is 2.36. The summed E-state index contributed by atoms with van der Waals surface area (Å²) in [5, 5.41) is 12.2. The number of aromatic carboxylic acids is 1. The Morgan fingerprint density at radius 1 is 1.61 bits per heavy atom. The highest BCUT2D eigenvalue weighted by Gasteiger charge is 2.10. The number of hydrogen-bond donors (Lipinski definition) is 2. The van der Waals surface area contributed by atoms with Gasteiger partial charge in [-0.15, -0.1) is 6.58 Å². The molecule has 0 saturated heterocycles. The smallest absolute Gasteiger partial charge is 0.335 e. The highest BCUT2D eigenvalue weighted by atomic mass is 16.5. The van der Waals surface area contributed by atoms with Gasteiger partial charge in [0, 0.05) is 6.04 Å². The molecule has 0 heterocycles. The number of carboxylic acids is 1. The molecule has 4 heteroatoms. The van der Waals surface area contributed by atoms with Crippen LogP contribution in [0.15, 0.2) is 30.9 Å². The Bertz CT molecular complexity index is 429. The molecule has 1 aromatic carbocycles. The van der Waals surface area contributed by atoms with Crippen molar-refractivity contribution < 1.29 is 14.6 Å². The lowest BCUT2D eigenvalue weighted by Gasteiger charge is -2.17. The number of allylic oxidation sites excluding steroid dienone is 1. The van der Waals surface area contributed by atoms with Gasteiger partial charge < -0.3 is 15.2 Å². The average molecular weight is 249 g/mol. The summed E-state index contributed by atoms with van der Waals surface area (Å²) < 4.78 is 5.21. The van der Waals surface area contributed by atoms with E-state index >= 15 is 0 Å². The molecule has 0 spiro atoms. The fraction of sp³-hybridized carbons (Fsp3) is 0.357. The number of anilines is 1. The Labute approximate surface area is 107 Å². The van der Waals surface area contributed by atoms with E-state index in [0.717, 1.165) is 12.8 Å². The normalized spacial score (nSPS) is 11.7. The van der Waals surface area contributed by atoms with Gasteiger partial charge in [0.05, 0.1) is 18.4 Å². The molecule has 0 aliphatic heterocycles. The molecule has 0 aromatic heterocycles. The molecule has 0 radical (unpaired) electrons. The minimum Gasteiger partial charge on any atom is -0.495 e. The number of rotatable bonds is 7. The van der Waals surface area contributed by atoms with E-state index in [1.54, 1.807) is 19.2 Å². The number of carboxylic acid groups (broad SMARTS) is 1. The molecule has 98 valence electrons. The van der Waals surface area contributed by atoms with Crippen LogP contribution in [0.25, 0.3) is 0 Å². The van der Waals surface area contributed by atoms with Crippen LogP contribution in [-0.4, -0.2) is 24.2 Å². The van der Waals surface area contributed by atoms with Crippen LogP contribution in [0.2, 0.25) is 0 Å². The van der Waals surface area contributed by atoms with Gasteiger partial charge in [-0.2, -0.15) is 0 Å². The fourth-order valence-electron chi connectivity index (χ4n) is 1.66. The lowest BCUT2D eigenvalue weighted by molar-refractivity contribution is 0.0697. The number of benzene rings is 1. The number of ether oxygens (including phenoxy) is 1. The maximum absolute atomic E-state index is 10.9. The van der Waals surface area contributed by atoms with Crippen molar-refractivity contribution >= 4 is 11.7 Å². The second-order valence-corrected chi connectivity index (χ2v) is 4.13. The molecule has 0 aliphatic carbocycles.